The molecule has 0 atom stereocenters. The first kappa shape index (κ1) is 18.1. The van der Waals surface area contributed by atoms with Crippen molar-refractivity contribution >= 4 is 38.2 Å². The number of aromatic nitrogens is 2. The summed E-state index contributed by atoms with van der Waals surface area (Å²) in [5.74, 6) is -0.0946. The van der Waals surface area contributed by atoms with Gasteiger partial charge in [-0.1, -0.05) is 12.1 Å². The number of amides is 1. The van der Waals surface area contributed by atoms with E-state index in [1.54, 1.807) is 42.7 Å². The molecule has 0 saturated carbocycles. The first-order valence-electron chi connectivity index (χ1n) is 9.58. The topological polar surface area (TPSA) is 93.1 Å². The highest BCUT2D eigenvalue weighted by molar-refractivity contribution is 7.90. The molecule has 0 saturated heterocycles. The van der Waals surface area contributed by atoms with Crippen molar-refractivity contribution in [3.63, 3.8) is 0 Å². The number of anilines is 1. The van der Waals surface area contributed by atoms with Crippen LogP contribution < -0.4 is 10.6 Å². The van der Waals surface area contributed by atoms with Crippen LogP contribution in [-0.2, 0) is 21.2 Å². The zero-order valence-electron chi connectivity index (χ0n) is 15.7. The summed E-state index contributed by atoms with van der Waals surface area (Å²) in [6.45, 7) is 1.61. The second-order valence-electron chi connectivity index (χ2n) is 7.27. The van der Waals surface area contributed by atoms with Crippen LogP contribution in [0.2, 0.25) is 0 Å². The van der Waals surface area contributed by atoms with E-state index in [1.807, 2.05) is 0 Å². The lowest BCUT2D eigenvalue weighted by atomic mass is 10.0. The maximum absolute atomic E-state index is 13.5. The van der Waals surface area contributed by atoms with Crippen LogP contribution >= 0.6 is 0 Å². The Morgan fingerprint density at radius 1 is 1.10 bits per heavy atom. The van der Waals surface area contributed by atoms with Gasteiger partial charge in [-0.05, 0) is 54.8 Å². The summed E-state index contributed by atoms with van der Waals surface area (Å²) in [5.41, 5.74) is 4.68. The number of fused-ring (bicyclic) bond motifs is 2. The molecule has 5 rings (SSSR count). The minimum absolute atomic E-state index is 0.0946. The van der Waals surface area contributed by atoms with E-state index in [4.69, 9.17) is 0 Å². The van der Waals surface area contributed by atoms with Gasteiger partial charge in [0.2, 0.25) is 5.91 Å². The number of aryl methyl sites for hydroxylation is 1. The number of benzene rings is 1. The van der Waals surface area contributed by atoms with Crippen LogP contribution in [0.25, 0.3) is 16.6 Å². The predicted molar refractivity (Wildman–Crippen MR) is 111 cm³/mol. The lowest BCUT2D eigenvalue weighted by Gasteiger charge is -2.18. The first-order valence-corrected chi connectivity index (χ1v) is 11.0. The molecule has 2 aliphatic rings. The minimum atomic E-state index is -3.85. The maximum Gasteiger partial charge on any atom is 0.268 e. The minimum Gasteiger partial charge on any atom is -0.326 e. The van der Waals surface area contributed by atoms with Crippen LogP contribution in [0.1, 0.15) is 24.0 Å². The smallest absolute Gasteiger partial charge is 0.268 e. The summed E-state index contributed by atoms with van der Waals surface area (Å²) in [5, 5.41) is 6.05. The van der Waals surface area contributed by atoms with Gasteiger partial charge >= 0.3 is 0 Å². The molecule has 2 aromatic heterocycles. The summed E-state index contributed by atoms with van der Waals surface area (Å²) >= 11 is 0. The Morgan fingerprint density at radius 2 is 2.00 bits per heavy atom. The Kier molecular flexibility index (Phi) is 4.25. The Labute approximate surface area is 168 Å². The van der Waals surface area contributed by atoms with Gasteiger partial charge in [-0.15, -0.1) is 0 Å². The van der Waals surface area contributed by atoms with E-state index in [2.05, 4.69) is 21.7 Å². The van der Waals surface area contributed by atoms with Crippen LogP contribution in [0.3, 0.4) is 0 Å². The number of hydrogen-bond acceptors (Lipinski definition) is 5. The number of carbonyl (C=O) groups excluding carboxylic acids is 1. The molecule has 0 spiro atoms. The SMILES string of the molecule is O=C1CCc2ccc(S(=O)(=O)n3cc(C4=CCNCC4)c4ncccc43)cc2N1. The van der Waals surface area contributed by atoms with Crippen molar-refractivity contribution in [1.29, 1.82) is 0 Å². The largest absolute Gasteiger partial charge is 0.326 e. The molecule has 0 bridgehead atoms. The van der Waals surface area contributed by atoms with E-state index in [9.17, 15) is 13.2 Å². The molecule has 7 nitrogen and oxygen atoms in total. The van der Waals surface area contributed by atoms with Crippen molar-refractivity contribution < 1.29 is 13.2 Å². The van der Waals surface area contributed by atoms with Crippen LogP contribution in [0.15, 0.2) is 53.7 Å². The van der Waals surface area contributed by atoms with Gasteiger partial charge in [-0.3, -0.25) is 9.78 Å². The number of carbonyl (C=O) groups is 1. The molecule has 148 valence electrons. The van der Waals surface area contributed by atoms with Crippen LogP contribution in [0.5, 0.6) is 0 Å². The molecule has 4 heterocycles. The number of hydrogen-bond donors (Lipinski definition) is 2. The second kappa shape index (κ2) is 6.82. The van der Waals surface area contributed by atoms with Gasteiger partial charge < -0.3 is 10.6 Å². The Morgan fingerprint density at radius 3 is 2.83 bits per heavy atom. The normalized spacial score (nSPS) is 17.0. The molecule has 1 amide bonds. The van der Waals surface area contributed by atoms with E-state index in [-0.39, 0.29) is 10.8 Å². The summed E-state index contributed by atoms with van der Waals surface area (Å²) in [6, 6.07) is 8.44. The summed E-state index contributed by atoms with van der Waals surface area (Å²) < 4.78 is 28.3. The third kappa shape index (κ3) is 3.04. The number of nitrogens with one attached hydrogen (secondary N) is 2. The van der Waals surface area contributed by atoms with E-state index >= 15 is 0 Å². The highest BCUT2D eigenvalue weighted by Crippen LogP contribution is 2.32. The van der Waals surface area contributed by atoms with Crippen molar-refractivity contribution in [1.82, 2.24) is 14.3 Å². The first-order chi connectivity index (χ1) is 14.0. The highest BCUT2D eigenvalue weighted by atomic mass is 32.2. The van der Waals surface area contributed by atoms with Crippen LogP contribution in [-0.4, -0.2) is 36.4 Å². The standard InChI is InChI=1S/C21H20N4O3S/c26-20-6-4-15-3-5-16(12-18(15)24-20)29(27,28)25-13-17(14-7-10-22-11-8-14)21-19(25)2-1-9-23-21/h1-3,5,7,9,12-13,22H,4,6,8,10-11H2,(H,24,26). The van der Waals surface area contributed by atoms with E-state index in [1.165, 1.54) is 3.97 Å². The lowest BCUT2D eigenvalue weighted by molar-refractivity contribution is -0.116. The van der Waals surface area contributed by atoms with Gasteiger partial charge in [0.05, 0.1) is 15.9 Å². The third-order valence-corrected chi connectivity index (χ3v) is 7.14. The molecule has 3 aromatic rings. The zero-order chi connectivity index (χ0) is 20.0. The van der Waals surface area contributed by atoms with Crippen LogP contribution in [0, 0.1) is 0 Å². The maximum atomic E-state index is 13.5. The van der Waals surface area contributed by atoms with Gasteiger partial charge in [-0.2, -0.15) is 0 Å². The number of nitrogens with zero attached hydrogens (tertiary/aromatic N) is 2. The molecule has 0 aliphatic carbocycles. The summed E-state index contributed by atoms with van der Waals surface area (Å²) in [4.78, 5) is 16.3. The van der Waals surface area contributed by atoms with Gasteiger partial charge in [-0.25, -0.2) is 12.4 Å². The molecule has 29 heavy (non-hydrogen) atoms. The monoisotopic (exact) mass is 408 g/mol. The highest BCUT2D eigenvalue weighted by Gasteiger charge is 2.25. The fourth-order valence-corrected chi connectivity index (χ4v) is 5.34. The van der Waals surface area contributed by atoms with Crippen molar-refractivity contribution in [2.24, 2.45) is 0 Å². The fraction of sp³-hybridized carbons (Fsp3) is 0.238. The Hall–Kier alpha value is -2.97. The molecule has 8 heteroatoms. The fourth-order valence-electron chi connectivity index (χ4n) is 3.96. The molecular weight excluding hydrogens is 388 g/mol. The predicted octanol–water partition coefficient (Wildman–Crippen LogP) is 2.53. The average Bonchev–Trinajstić information content (AvgIpc) is 3.14. The molecule has 2 aliphatic heterocycles. The lowest BCUT2D eigenvalue weighted by Crippen LogP contribution is -2.20. The van der Waals surface area contributed by atoms with Crippen molar-refractivity contribution in [2.45, 2.75) is 24.2 Å². The molecule has 0 fully saturated rings. The Balaban J connectivity index is 1.66. The average molecular weight is 408 g/mol. The molecular formula is C21H20N4O3S. The second-order valence-corrected chi connectivity index (χ2v) is 9.08. The zero-order valence-corrected chi connectivity index (χ0v) is 16.5. The van der Waals surface area contributed by atoms with Crippen molar-refractivity contribution in [3.8, 4) is 0 Å². The third-order valence-electron chi connectivity index (χ3n) is 5.47. The summed E-state index contributed by atoms with van der Waals surface area (Å²) in [6.07, 6.45) is 7.28. The quantitative estimate of drug-likeness (QED) is 0.695. The van der Waals surface area contributed by atoms with E-state index in [0.717, 1.165) is 36.2 Å². The van der Waals surface area contributed by atoms with E-state index in [0.29, 0.717) is 29.6 Å². The Bertz CT molecular complexity index is 1270. The van der Waals surface area contributed by atoms with Gasteiger partial charge in [0, 0.05) is 36.6 Å². The molecule has 0 radical (unpaired) electrons. The molecule has 2 N–H and O–H groups in total. The van der Waals surface area contributed by atoms with Gasteiger partial charge in [0.15, 0.2) is 0 Å². The van der Waals surface area contributed by atoms with Gasteiger partial charge in [0.25, 0.3) is 10.0 Å². The van der Waals surface area contributed by atoms with Gasteiger partial charge in [0.1, 0.15) is 0 Å². The number of pyridine rings is 1. The van der Waals surface area contributed by atoms with Crippen molar-refractivity contribution in [2.75, 3.05) is 18.4 Å². The molecule has 0 unspecified atom stereocenters. The van der Waals surface area contributed by atoms with Crippen molar-refractivity contribution in [3.05, 3.63) is 59.9 Å². The summed E-state index contributed by atoms with van der Waals surface area (Å²) in [7, 11) is -3.85. The molecule has 1 aromatic carbocycles. The van der Waals surface area contributed by atoms with E-state index < -0.39 is 10.0 Å². The number of rotatable bonds is 3. The van der Waals surface area contributed by atoms with Crippen LogP contribution in [0.4, 0.5) is 5.69 Å².